The van der Waals surface area contributed by atoms with Crippen LogP contribution < -0.4 is 14.9 Å². The van der Waals surface area contributed by atoms with E-state index in [2.05, 4.69) is 26.5 Å². The second-order valence-corrected chi connectivity index (χ2v) is 6.49. The Hall–Kier alpha value is -2.54. The van der Waals surface area contributed by atoms with Crippen molar-refractivity contribution >= 4 is 28.1 Å². The number of hydrazone groups is 1. The molecule has 1 amide bonds. The Morgan fingerprint density at radius 3 is 2.69 bits per heavy atom. The van der Waals surface area contributed by atoms with Gasteiger partial charge in [-0.25, -0.2) is 5.43 Å². The molecule has 0 aliphatic heterocycles. The van der Waals surface area contributed by atoms with Crippen LogP contribution in [0.4, 0.5) is 0 Å². The van der Waals surface area contributed by atoms with Crippen LogP contribution >= 0.6 is 15.9 Å². The van der Waals surface area contributed by atoms with Gasteiger partial charge in [0.05, 0.1) is 17.3 Å². The molecule has 6 nitrogen and oxygen atoms in total. The van der Waals surface area contributed by atoms with E-state index < -0.39 is 0 Å². The van der Waals surface area contributed by atoms with E-state index >= 15 is 0 Å². The van der Waals surface area contributed by atoms with Gasteiger partial charge in [-0.1, -0.05) is 17.7 Å². The molecule has 0 heterocycles. The van der Waals surface area contributed by atoms with Crippen LogP contribution in [0.2, 0.25) is 0 Å². The number of phenolic OH excluding ortho intramolecular Hbond substituents is 1. The van der Waals surface area contributed by atoms with Crippen molar-refractivity contribution in [2.24, 2.45) is 5.10 Å². The number of aromatic hydroxyl groups is 1. The van der Waals surface area contributed by atoms with E-state index in [0.29, 0.717) is 28.1 Å². The lowest BCUT2D eigenvalue weighted by atomic mass is 10.1. The molecule has 2 aromatic rings. The highest BCUT2D eigenvalue weighted by Gasteiger charge is 2.08. The first-order chi connectivity index (χ1) is 12.4. The molecule has 0 fully saturated rings. The summed E-state index contributed by atoms with van der Waals surface area (Å²) in [5.74, 6) is 0.658. The van der Waals surface area contributed by atoms with Crippen molar-refractivity contribution in [3.8, 4) is 17.2 Å². The number of phenols is 1. The number of hydrogen-bond acceptors (Lipinski definition) is 5. The number of benzene rings is 2. The molecule has 0 aromatic heterocycles. The predicted molar refractivity (Wildman–Crippen MR) is 104 cm³/mol. The van der Waals surface area contributed by atoms with E-state index in [1.807, 2.05) is 39.0 Å². The third-order valence-corrected chi connectivity index (χ3v) is 4.05. The SMILES string of the molecule is CCOc1cc(/C=N/NC(=O)COc2ccc(C)cc2C)cc(Br)c1O. The first kappa shape index (κ1) is 19.8. The molecule has 0 radical (unpaired) electrons. The van der Waals surface area contributed by atoms with E-state index in [1.165, 1.54) is 6.21 Å². The van der Waals surface area contributed by atoms with Gasteiger partial charge < -0.3 is 14.6 Å². The monoisotopic (exact) mass is 420 g/mol. The fraction of sp³-hybridized carbons (Fsp3) is 0.263. The molecule has 2 aromatic carbocycles. The van der Waals surface area contributed by atoms with Gasteiger partial charge in [0.25, 0.3) is 5.91 Å². The number of rotatable bonds is 7. The number of carbonyl (C=O) groups is 1. The molecular weight excluding hydrogens is 400 g/mol. The molecule has 7 heteroatoms. The molecule has 0 bridgehead atoms. The van der Waals surface area contributed by atoms with E-state index in [0.717, 1.165) is 11.1 Å². The van der Waals surface area contributed by atoms with Crippen molar-refractivity contribution in [1.82, 2.24) is 5.43 Å². The van der Waals surface area contributed by atoms with Crippen molar-refractivity contribution in [3.63, 3.8) is 0 Å². The molecule has 26 heavy (non-hydrogen) atoms. The van der Waals surface area contributed by atoms with E-state index in [1.54, 1.807) is 12.1 Å². The zero-order valence-electron chi connectivity index (χ0n) is 14.9. The lowest BCUT2D eigenvalue weighted by Crippen LogP contribution is -2.24. The van der Waals surface area contributed by atoms with Gasteiger partial charge in [0.15, 0.2) is 18.1 Å². The van der Waals surface area contributed by atoms with Crippen LogP contribution in [-0.2, 0) is 4.79 Å². The number of aryl methyl sites for hydroxylation is 2. The Kier molecular flexibility index (Phi) is 7.03. The second-order valence-electron chi connectivity index (χ2n) is 5.63. The zero-order chi connectivity index (χ0) is 19.1. The van der Waals surface area contributed by atoms with Crippen molar-refractivity contribution in [2.75, 3.05) is 13.2 Å². The highest BCUT2D eigenvalue weighted by Crippen LogP contribution is 2.35. The van der Waals surface area contributed by atoms with Crippen LogP contribution in [0.1, 0.15) is 23.6 Å². The Balaban J connectivity index is 1.92. The van der Waals surface area contributed by atoms with Crippen LogP contribution in [0.15, 0.2) is 39.9 Å². The van der Waals surface area contributed by atoms with Crippen LogP contribution in [0.3, 0.4) is 0 Å². The minimum atomic E-state index is -0.371. The summed E-state index contributed by atoms with van der Waals surface area (Å²) in [5.41, 5.74) is 5.17. The molecule has 138 valence electrons. The minimum absolute atomic E-state index is 0.0231. The van der Waals surface area contributed by atoms with Gasteiger partial charge in [-0.05, 0) is 66.0 Å². The van der Waals surface area contributed by atoms with Gasteiger partial charge in [-0.3, -0.25) is 4.79 Å². The Labute approximate surface area is 161 Å². The van der Waals surface area contributed by atoms with E-state index in [4.69, 9.17) is 9.47 Å². The summed E-state index contributed by atoms with van der Waals surface area (Å²) >= 11 is 3.25. The standard InChI is InChI=1S/C19H21BrN2O4/c1-4-25-17-9-14(8-15(20)19(17)24)10-21-22-18(23)11-26-16-6-5-12(2)7-13(16)3/h5-10,24H,4,11H2,1-3H3,(H,22,23)/b21-10+. The summed E-state index contributed by atoms with van der Waals surface area (Å²) in [6, 6.07) is 9.05. The maximum Gasteiger partial charge on any atom is 0.277 e. The smallest absolute Gasteiger partial charge is 0.277 e. The summed E-state index contributed by atoms with van der Waals surface area (Å²) in [6.45, 7) is 6.04. The Morgan fingerprint density at radius 2 is 2.00 bits per heavy atom. The molecule has 2 rings (SSSR count). The van der Waals surface area contributed by atoms with E-state index in [9.17, 15) is 9.90 Å². The minimum Gasteiger partial charge on any atom is -0.503 e. The molecule has 0 aliphatic rings. The highest BCUT2D eigenvalue weighted by molar-refractivity contribution is 9.10. The average Bonchev–Trinajstić information content (AvgIpc) is 2.58. The number of hydrogen-bond donors (Lipinski definition) is 2. The summed E-state index contributed by atoms with van der Waals surface area (Å²) in [4.78, 5) is 11.9. The first-order valence-electron chi connectivity index (χ1n) is 8.08. The molecule has 0 saturated heterocycles. The van der Waals surface area contributed by atoms with Gasteiger partial charge in [-0.15, -0.1) is 0 Å². The lowest BCUT2D eigenvalue weighted by molar-refractivity contribution is -0.123. The topological polar surface area (TPSA) is 80.2 Å². The van der Waals surface area contributed by atoms with Crippen molar-refractivity contribution in [1.29, 1.82) is 0 Å². The third-order valence-electron chi connectivity index (χ3n) is 3.44. The normalized spacial score (nSPS) is 10.8. The number of nitrogens with one attached hydrogen (secondary N) is 1. The van der Waals surface area contributed by atoms with E-state index in [-0.39, 0.29) is 18.3 Å². The van der Waals surface area contributed by atoms with Gasteiger partial charge in [0.1, 0.15) is 5.75 Å². The molecule has 0 unspecified atom stereocenters. The van der Waals surface area contributed by atoms with Crippen molar-refractivity contribution < 1.29 is 19.4 Å². The number of ether oxygens (including phenoxy) is 2. The molecule has 2 N–H and O–H groups in total. The van der Waals surface area contributed by atoms with Gasteiger partial charge in [0.2, 0.25) is 0 Å². The Morgan fingerprint density at radius 1 is 1.23 bits per heavy atom. The second kappa shape index (κ2) is 9.24. The first-order valence-corrected chi connectivity index (χ1v) is 8.87. The van der Waals surface area contributed by atoms with Gasteiger partial charge >= 0.3 is 0 Å². The summed E-state index contributed by atoms with van der Waals surface area (Å²) in [7, 11) is 0. The van der Waals surface area contributed by atoms with Crippen molar-refractivity contribution in [3.05, 3.63) is 51.5 Å². The number of amides is 1. The largest absolute Gasteiger partial charge is 0.503 e. The molecule has 0 aliphatic carbocycles. The maximum atomic E-state index is 11.9. The quantitative estimate of drug-likeness (QED) is 0.528. The number of carbonyl (C=O) groups excluding carboxylic acids is 1. The summed E-state index contributed by atoms with van der Waals surface area (Å²) in [5, 5.41) is 13.8. The number of halogens is 1. The average molecular weight is 421 g/mol. The van der Waals surface area contributed by atoms with Gasteiger partial charge in [0, 0.05) is 0 Å². The molecule has 0 saturated carbocycles. The summed E-state index contributed by atoms with van der Waals surface area (Å²) in [6.07, 6.45) is 1.46. The van der Waals surface area contributed by atoms with Crippen LogP contribution in [0.25, 0.3) is 0 Å². The maximum absolute atomic E-state index is 11.9. The predicted octanol–water partition coefficient (Wildman–Crippen LogP) is 3.70. The highest BCUT2D eigenvalue weighted by atomic mass is 79.9. The number of nitrogens with zero attached hydrogens (tertiary/aromatic N) is 1. The Bertz CT molecular complexity index is 821. The third kappa shape index (κ3) is 5.49. The fourth-order valence-electron chi connectivity index (χ4n) is 2.25. The molecule has 0 atom stereocenters. The van der Waals surface area contributed by atoms with Crippen LogP contribution in [-0.4, -0.2) is 30.4 Å². The van der Waals surface area contributed by atoms with Gasteiger partial charge in [-0.2, -0.15) is 5.10 Å². The summed E-state index contributed by atoms with van der Waals surface area (Å²) < 4.78 is 11.3. The molecule has 0 spiro atoms. The van der Waals surface area contributed by atoms with Crippen LogP contribution in [0, 0.1) is 13.8 Å². The van der Waals surface area contributed by atoms with Crippen molar-refractivity contribution in [2.45, 2.75) is 20.8 Å². The zero-order valence-corrected chi connectivity index (χ0v) is 16.5. The molecular formula is C19H21BrN2O4. The van der Waals surface area contributed by atoms with Crippen LogP contribution in [0.5, 0.6) is 17.2 Å². The lowest BCUT2D eigenvalue weighted by Gasteiger charge is -2.09. The fourth-order valence-corrected chi connectivity index (χ4v) is 2.71.